The summed E-state index contributed by atoms with van der Waals surface area (Å²) >= 11 is 5.83. The van der Waals surface area contributed by atoms with Crippen molar-refractivity contribution in [3.63, 3.8) is 0 Å². The molecule has 0 aliphatic carbocycles. The summed E-state index contributed by atoms with van der Waals surface area (Å²) in [6.45, 7) is 5.23. The maximum absolute atomic E-state index is 11.5. The van der Waals surface area contributed by atoms with E-state index in [9.17, 15) is 4.79 Å². The highest BCUT2D eigenvalue weighted by Crippen LogP contribution is 2.23. The van der Waals surface area contributed by atoms with Crippen molar-refractivity contribution >= 4 is 17.5 Å². The average molecular weight is 252 g/mol. The summed E-state index contributed by atoms with van der Waals surface area (Å²) in [5, 5.41) is 0.698. The third kappa shape index (κ3) is 2.87. The molecule has 90 valence electrons. The first-order chi connectivity index (χ1) is 8.20. The van der Waals surface area contributed by atoms with E-state index in [1.807, 2.05) is 24.3 Å². The SMILES string of the molecule is C=CC(=O)N1CCO[C@@H](c2ccc(Cl)cc2)C1. The van der Waals surface area contributed by atoms with Crippen molar-refractivity contribution in [1.82, 2.24) is 4.90 Å². The molecule has 17 heavy (non-hydrogen) atoms. The lowest BCUT2D eigenvalue weighted by Gasteiger charge is -2.32. The van der Waals surface area contributed by atoms with Gasteiger partial charge in [0.1, 0.15) is 6.10 Å². The number of amides is 1. The fourth-order valence-electron chi connectivity index (χ4n) is 1.86. The van der Waals surface area contributed by atoms with Gasteiger partial charge in [0.05, 0.1) is 13.2 Å². The number of carbonyl (C=O) groups excluding carboxylic acids is 1. The van der Waals surface area contributed by atoms with Crippen LogP contribution >= 0.6 is 11.6 Å². The summed E-state index contributed by atoms with van der Waals surface area (Å²) in [7, 11) is 0. The summed E-state index contributed by atoms with van der Waals surface area (Å²) < 4.78 is 5.66. The predicted octanol–water partition coefficient (Wildman–Crippen LogP) is 2.43. The van der Waals surface area contributed by atoms with Crippen LogP contribution in [0, 0.1) is 0 Å². The van der Waals surface area contributed by atoms with Gasteiger partial charge in [-0.3, -0.25) is 4.79 Å². The van der Waals surface area contributed by atoms with E-state index < -0.39 is 0 Å². The van der Waals surface area contributed by atoms with Gasteiger partial charge in [-0.1, -0.05) is 30.3 Å². The molecule has 0 N–H and O–H groups in total. The highest BCUT2D eigenvalue weighted by molar-refractivity contribution is 6.30. The second kappa shape index (κ2) is 5.34. The van der Waals surface area contributed by atoms with E-state index in [1.165, 1.54) is 6.08 Å². The molecule has 1 heterocycles. The Morgan fingerprint density at radius 3 is 2.82 bits per heavy atom. The van der Waals surface area contributed by atoms with Crippen LogP contribution in [0.25, 0.3) is 0 Å². The van der Waals surface area contributed by atoms with E-state index >= 15 is 0 Å². The smallest absolute Gasteiger partial charge is 0.246 e. The van der Waals surface area contributed by atoms with Crippen molar-refractivity contribution in [3.8, 4) is 0 Å². The van der Waals surface area contributed by atoms with Crippen molar-refractivity contribution in [2.24, 2.45) is 0 Å². The number of rotatable bonds is 2. The molecular weight excluding hydrogens is 238 g/mol. The molecule has 0 aromatic heterocycles. The Labute approximate surface area is 106 Å². The molecule has 1 atom stereocenters. The molecular formula is C13H14ClNO2. The van der Waals surface area contributed by atoms with Crippen LogP contribution in [0.4, 0.5) is 0 Å². The molecule has 1 aliphatic heterocycles. The Balaban J connectivity index is 2.09. The summed E-state index contributed by atoms with van der Waals surface area (Å²) in [4.78, 5) is 13.3. The molecule has 1 amide bonds. The highest BCUT2D eigenvalue weighted by Gasteiger charge is 2.23. The van der Waals surface area contributed by atoms with Crippen molar-refractivity contribution in [3.05, 3.63) is 47.5 Å². The zero-order valence-corrected chi connectivity index (χ0v) is 10.2. The minimum absolute atomic E-state index is 0.0488. The molecule has 4 heteroatoms. The summed E-state index contributed by atoms with van der Waals surface area (Å²) in [6.07, 6.45) is 1.26. The standard InChI is InChI=1S/C13H14ClNO2/c1-2-13(16)15-7-8-17-12(9-15)10-3-5-11(14)6-4-10/h2-6,12H,1,7-9H2/t12-/m1/s1. The number of halogens is 1. The van der Waals surface area contributed by atoms with Crippen LogP contribution in [0.1, 0.15) is 11.7 Å². The van der Waals surface area contributed by atoms with Gasteiger partial charge >= 0.3 is 0 Å². The Bertz CT molecular complexity index is 416. The first kappa shape index (κ1) is 12.1. The van der Waals surface area contributed by atoms with Crippen molar-refractivity contribution in [2.45, 2.75) is 6.10 Å². The first-order valence-corrected chi connectivity index (χ1v) is 5.87. The lowest BCUT2D eigenvalue weighted by atomic mass is 10.1. The van der Waals surface area contributed by atoms with Gasteiger partial charge in [-0.25, -0.2) is 0 Å². The minimum atomic E-state index is -0.0788. The zero-order valence-electron chi connectivity index (χ0n) is 9.43. The van der Waals surface area contributed by atoms with E-state index in [4.69, 9.17) is 16.3 Å². The van der Waals surface area contributed by atoms with E-state index in [0.29, 0.717) is 24.7 Å². The summed E-state index contributed by atoms with van der Waals surface area (Å²) in [5.74, 6) is -0.0488. The Kier molecular flexibility index (Phi) is 3.82. The number of hydrogen-bond donors (Lipinski definition) is 0. The molecule has 0 unspecified atom stereocenters. The number of carbonyl (C=O) groups is 1. The van der Waals surface area contributed by atoms with Gasteiger partial charge < -0.3 is 9.64 Å². The van der Waals surface area contributed by atoms with Crippen LogP contribution in [-0.4, -0.2) is 30.5 Å². The lowest BCUT2D eigenvalue weighted by molar-refractivity contribution is -0.133. The third-order valence-electron chi connectivity index (χ3n) is 2.79. The van der Waals surface area contributed by atoms with Gasteiger partial charge in [0.25, 0.3) is 0 Å². The van der Waals surface area contributed by atoms with Crippen LogP contribution in [0.15, 0.2) is 36.9 Å². The molecule has 1 aromatic carbocycles. The third-order valence-corrected chi connectivity index (χ3v) is 3.05. The fourth-order valence-corrected chi connectivity index (χ4v) is 1.98. The number of nitrogens with zero attached hydrogens (tertiary/aromatic N) is 1. The molecule has 0 spiro atoms. The van der Waals surface area contributed by atoms with E-state index in [0.717, 1.165) is 5.56 Å². The molecule has 1 saturated heterocycles. The molecule has 0 bridgehead atoms. The van der Waals surface area contributed by atoms with Crippen molar-refractivity contribution in [1.29, 1.82) is 0 Å². The quantitative estimate of drug-likeness (QED) is 0.756. The van der Waals surface area contributed by atoms with Crippen LogP contribution in [0.2, 0.25) is 5.02 Å². The van der Waals surface area contributed by atoms with Gasteiger partial charge in [0, 0.05) is 11.6 Å². The van der Waals surface area contributed by atoms with Crippen LogP contribution in [-0.2, 0) is 9.53 Å². The largest absolute Gasteiger partial charge is 0.370 e. The van der Waals surface area contributed by atoms with E-state index in [2.05, 4.69) is 6.58 Å². The highest BCUT2D eigenvalue weighted by atomic mass is 35.5. The maximum Gasteiger partial charge on any atom is 0.246 e. The molecule has 3 nitrogen and oxygen atoms in total. The zero-order chi connectivity index (χ0) is 12.3. The number of hydrogen-bond acceptors (Lipinski definition) is 2. The van der Waals surface area contributed by atoms with Gasteiger partial charge in [-0.05, 0) is 23.8 Å². The molecule has 0 saturated carbocycles. The molecule has 1 aliphatic rings. The number of ether oxygens (including phenoxy) is 1. The summed E-state index contributed by atoms with van der Waals surface area (Å²) in [6, 6.07) is 7.51. The van der Waals surface area contributed by atoms with Crippen LogP contribution in [0.3, 0.4) is 0 Å². The van der Waals surface area contributed by atoms with Crippen molar-refractivity contribution < 1.29 is 9.53 Å². The van der Waals surface area contributed by atoms with E-state index in [1.54, 1.807) is 4.90 Å². The summed E-state index contributed by atoms with van der Waals surface area (Å²) in [5.41, 5.74) is 1.04. The molecule has 0 radical (unpaired) electrons. The van der Waals surface area contributed by atoms with Crippen LogP contribution < -0.4 is 0 Å². The van der Waals surface area contributed by atoms with Crippen LogP contribution in [0.5, 0.6) is 0 Å². The predicted molar refractivity (Wildman–Crippen MR) is 66.9 cm³/mol. The minimum Gasteiger partial charge on any atom is -0.370 e. The molecule has 1 fully saturated rings. The first-order valence-electron chi connectivity index (χ1n) is 5.49. The number of benzene rings is 1. The second-order valence-corrected chi connectivity index (χ2v) is 4.34. The van der Waals surface area contributed by atoms with Gasteiger partial charge in [0.2, 0.25) is 5.91 Å². The topological polar surface area (TPSA) is 29.5 Å². The molecule has 1 aromatic rings. The van der Waals surface area contributed by atoms with Gasteiger partial charge in [-0.2, -0.15) is 0 Å². The van der Waals surface area contributed by atoms with E-state index in [-0.39, 0.29) is 12.0 Å². The Morgan fingerprint density at radius 2 is 2.18 bits per heavy atom. The number of morpholine rings is 1. The normalized spacial score (nSPS) is 20.1. The average Bonchev–Trinajstić information content (AvgIpc) is 2.39. The second-order valence-electron chi connectivity index (χ2n) is 3.90. The monoisotopic (exact) mass is 251 g/mol. The fraction of sp³-hybridized carbons (Fsp3) is 0.308. The Hall–Kier alpha value is -1.32. The molecule has 2 rings (SSSR count). The Morgan fingerprint density at radius 1 is 1.47 bits per heavy atom. The van der Waals surface area contributed by atoms with Gasteiger partial charge in [-0.15, -0.1) is 0 Å². The maximum atomic E-state index is 11.5. The van der Waals surface area contributed by atoms with Gasteiger partial charge in [0.15, 0.2) is 0 Å². The van der Waals surface area contributed by atoms with Crippen molar-refractivity contribution in [2.75, 3.05) is 19.7 Å². The lowest BCUT2D eigenvalue weighted by Crippen LogP contribution is -2.41.